The third-order valence-corrected chi connectivity index (χ3v) is 6.07. The fourth-order valence-electron chi connectivity index (χ4n) is 4.53. The summed E-state index contributed by atoms with van der Waals surface area (Å²) in [7, 11) is 1.39. The molecule has 3 heterocycles. The molecule has 1 unspecified atom stereocenters. The monoisotopic (exact) mass is 406 g/mol. The number of rotatable bonds is 7. The number of hydrogen-bond donors (Lipinski definition) is 1. The predicted molar refractivity (Wildman–Crippen MR) is 103 cm³/mol. The molecule has 0 radical (unpaired) electrons. The zero-order valence-corrected chi connectivity index (χ0v) is 16.8. The van der Waals surface area contributed by atoms with Crippen molar-refractivity contribution in [1.29, 1.82) is 0 Å². The van der Waals surface area contributed by atoms with Gasteiger partial charge in [-0.3, -0.25) is 4.79 Å². The number of ether oxygens (including phenoxy) is 5. The number of esters is 1. The molecule has 1 N–H and O–H groups in total. The van der Waals surface area contributed by atoms with Crippen LogP contribution in [-0.2, 0) is 35.1 Å². The van der Waals surface area contributed by atoms with Gasteiger partial charge in [0, 0.05) is 13.0 Å². The van der Waals surface area contributed by atoms with Gasteiger partial charge in [-0.05, 0) is 24.8 Å². The summed E-state index contributed by atoms with van der Waals surface area (Å²) in [6.45, 7) is 1.06. The van der Waals surface area contributed by atoms with Crippen molar-refractivity contribution >= 4 is 5.97 Å². The van der Waals surface area contributed by atoms with Crippen LogP contribution in [0.25, 0.3) is 0 Å². The molecular formula is C22H30O7. The van der Waals surface area contributed by atoms with Gasteiger partial charge in [-0.1, -0.05) is 30.3 Å². The molecule has 7 heteroatoms. The maximum absolute atomic E-state index is 11.5. The number of aliphatic hydroxyl groups excluding tert-OH is 1. The molecule has 7 nitrogen and oxygen atoms in total. The minimum atomic E-state index is -0.658. The van der Waals surface area contributed by atoms with Gasteiger partial charge >= 0.3 is 5.97 Å². The highest BCUT2D eigenvalue weighted by Gasteiger charge is 2.51. The maximum atomic E-state index is 11.5. The largest absolute Gasteiger partial charge is 0.469 e. The second-order valence-corrected chi connectivity index (χ2v) is 8.06. The van der Waals surface area contributed by atoms with Crippen LogP contribution in [0.3, 0.4) is 0 Å². The Morgan fingerprint density at radius 3 is 2.72 bits per heavy atom. The minimum Gasteiger partial charge on any atom is -0.469 e. The molecule has 3 saturated heterocycles. The SMILES string of the molecule is COC(=O)C[C@H]1CC[C@@H]2O[C@@H]3[C@H](C[C@H]2O1)OC(CCOCc1ccccc1)[C@H]3O. The first-order valence-electron chi connectivity index (χ1n) is 10.5. The molecule has 3 fully saturated rings. The Morgan fingerprint density at radius 2 is 1.93 bits per heavy atom. The van der Waals surface area contributed by atoms with E-state index in [2.05, 4.69) is 0 Å². The quantitative estimate of drug-likeness (QED) is 0.548. The molecule has 7 atom stereocenters. The molecule has 1 aromatic rings. The van der Waals surface area contributed by atoms with Gasteiger partial charge in [0.05, 0.1) is 50.7 Å². The molecule has 0 aromatic heterocycles. The second-order valence-electron chi connectivity index (χ2n) is 8.06. The summed E-state index contributed by atoms with van der Waals surface area (Å²) in [6, 6.07) is 10.0. The van der Waals surface area contributed by atoms with Crippen LogP contribution in [0.4, 0.5) is 0 Å². The number of aliphatic hydroxyl groups is 1. The predicted octanol–water partition coefficient (Wildman–Crippen LogP) is 1.99. The van der Waals surface area contributed by atoms with E-state index in [0.29, 0.717) is 26.1 Å². The summed E-state index contributed by atoms with van der Waals surface area (Å²) < 4.78 is 28.8. The average Bonchev–Trinajstić information content (AvgIpc) is 3.05. The highest BCUT2D eigenvalue weighted by molar-refractivity contribution is 5.69. The summed E-state index contributed by atoms with van der Waals surface area (Å²) in [5.74, 6) is -0.258. The topological polar surface area (TPSA) is 83.5 Å². The first-order valence-corrected chi connectivity index (χ1v) is 10.5. The lowest BCUT2D eigenvalue weighted by molar-refractivity contribution is -0.217. The Morgan fingerprint density at radius 1 is 1.10 bits per heavy atom. The molecule has 3 aliphatic heterocycles. The van der Waals surface area contributed by atoms with Crippen molar-refractivity contribution in [2.45, 2.75) is 81.4 Å². The van der Waals surface area contributed by atoms with Crippen molar-refractivity contribution in [1.82, 2.24) is 0 Å². The van der Waals surface area contributed by atoms with Gasteiger partial charge in [0.25, 0.3) is 0 Å². The van der Waals surface area contributed by atoms with E-state index in [4.69, 9.17) is 23.7 Å². The molecular weight excluding hydrogens is 376 g/mol. The number of carbonyl (C=O) groups excluding carboxylic acids is 1. The zero-order chi connectivity index (χ0) is 20.2. The second kappa shape index (κ2) is 9.53. The van der Waals surface area contributed by atoms with Crippen molar-refractivity contribution in [3.05, 3.63) is 35.9 Å². The molecule has 160 valence electrons. The molecule has 0 amide bonds. The number of fused-ring (bicyclic) bond motifs is 2. The first-order chi connectivity index (χ1) is 14.1. The van der Waals surface area contributed by atoms with E-state index >= 15 is 0 Å². The standard InChI is InChI=1S/C22H30O7/c1-25-20(23)11-15-7-8-16-18(27-15)12-19-22(29-16)21(24)17(28-19)9-10-26-13-14-5-3-2-4-6-14/h2-6,15-19,21-22,24H,7-13H2,1H3/t15-,16+,17?,18-,19+,21-,22-/m1/s1. The van der Waals surface area contributed by atoms with Crippen LogP contribution in [-0.4, -0.2) is 67.5 Å². The van der Waals surface area contributed by atoms with Crippen LogP contribution >= 0.6 is 0 Å². The lowest BCUT2D eigenvalue weighted by atomic mass is 9.90. The first kappa shape index (κ1) is 20.8. The Bertz CT molecular complexity index is 666. The van der Waals surface area contributed by atoms with Crippen LogP contribution in [0.1, 0.15) is 37.7 Å². The molecule has 0 spiro atoms. The van der Waals surface area contributed by atoms with E-state index in [1.807, 2.05) is 30.3 Å². The smallest absolute Gasteiger partial charge is 0.308 e. The van der Waals surface area contributed by atoms with Gasteiger partial charge in [-0.2, -0.15) is 0 Å². The van der Waals surface area contributed by atoms with E-state index < -0.39 is 6.10 Å². The van der Waals surface area contributed by atoms with Gasteiger partial charge < -0.3 is 28.8 Å². The van der Waals surface area contributed by atoms with Gasteiger partial charge in [0.1, 0.15) is 12.2 Å². The van der Waals surface area contributed by atoms with Gasteiger partial charge in [0.2, 0.25) is 0 Å². The van der Waals surface area contributed by atoms with E-state index in [9.17, 15) is 9.90 Å². The Balaban J connectivity index is 1.24. The molecule has 0 aliphatic carbocycles. The Kier molecular flexibility index (Phi) is 6.82. The van der Waals surface area contributed by atoms with Crippen molar-refractivity contribution < 1.29 is 33.6 Å². The van der Waals surface area contributed by atoms with Gasteiger partial charge in [-0.15, -0.1) is 0 Å². The van der Waals surface area contributed by atoms with Crippen molar-refractivity contribution in [3.8, 4) is 0 Å². The van der Waals surface area contributed by atoms with E-state index in [-0.39, 0.29) is 49.0 Å². The Hall–Kier alpha value is -1.51. The summed E-state index contributed by atoms with van der Waals surface area (Å²) in [5.41, 5.74) is 1.13. The molecule has 29 heavy (non-hydrogen) atoms. The third-order valence-electron chi connectivity index (χ3n) is 6.07. The maximum Gasteiger partial charge on any atom is 0.308 e. The van der Waals surface area contributed by atoms with Crippen LogP contribution in [0.5, 0.6) is 0 Å². The van der Waals surface area contributed by atoms with Gasteiger partial charge in [-0.25, -0.2) is 0 Å². The Labute approximate surface area is 171 Å². The minimum absolute atomic E-state index is 0.0588. The lowest BCUT2D eigenvalue weighted by Crippen LogP contribution is -2.53. The summed E-state index contributed by atoms with van der Waals surface area (Å²) in [5, 5.41) is 10.7. The van der Waals surface area contributed by atoms with E-state index in [1.165, 1.54) is 7.11 Å². The number of benzene rings is 1. The normalized spacial score (nSPS) is 36.3. The molecule has 0 bridgehead atoms. The fourth-order valence-corrected chi connectivity index (χ4v) is 4.53. The average molecular weight is 406 g/mol. The summed E-state index contributed by atoms with van der Waals surface area (Å²) in [6.07, 6.45) is 1.33. The lowest BCUT2D eigenvalue weighted by Gasteiger charge is -2.43. The van der Waals surface area contributed by atoms with Gasteiger partial charge in [0.15, 0.2) is 0 Å². The van der Waals surface area contributed by atoms with Crippen molar-refractivity contribution in [2.75, 3.05) is 13.7 Å². The van der Waals surface area contributed by atoms with Crippen molar-refractivity contribution in [3.63, 3.8) is 0 Å². The molecule has 1 aromatic carbocycles. The number of hydrogen-bond acceptors (Lipinski definition) is 7. The van der Waals surface area contributed by atoms with E-state index in [1.54, 1.807) is 0 Å². The van der Waals surface area contributed by atoms with Crippen LogP contribution in [0.15, 0.2) is 30.3 Å². The molecule has 0 saturated carbocycles. The summed E-state index contributed by atoms with van der Waals surface area (Å²) in [4.78, 5) is 11.5. The van der Waals surface area contributed by atoms with Crippen LogP contribution in [0, 0.1) is 0 Å². The fraction of sp³-hybridized carbons (Fsp3) is 0.682. The molecule has 4 rings (SSSR count). The molecule has 3 aliphatic rings. The number of methoxy groups -OCH3 is 1. The van der Waals surface area contributed by atoms with E-state index in [0.717, 1.165) is 18.4 Å². The highest BCUT2D eigenvalue weighted by atomic mass is 16.6. The highest BCUT2D eigenvalue weighted by Crippen LogP contribution is 2.39. The van der Waals surface area contributed by atoms with Crippen molar-refractivity contribution in [2.24, 2.45) is 0 Å². The summed E-state index contributed by atoms with van der Waals surface area (Å²) >= 11 is 0. The third kappa shape index (κ3) is 4.98. The van der Waals surface area contributed by atoms with Crippen LogP contribution < -0.4 is 0 Å². The zero-order valence-electron chi connectivity index (χ0n) is 16.8. The van der Waals surface area contributed by atoms with Crippen LogP contribution in [0.2, 0.25) is 0 Å². The number of carbonyl (C=O) groups is 1.